The first-order valence-electron chi connectivity index (χ1n) is 4.01. The van der Waals surface area contributed by atoms with E-state index in [0.29, 0.717) is 16.8 Å². The van der Waals surface area contributed by atoms with E-state index in [-0.39, 0.29) is 5.28 Å². The van der Waals surface area contributed by atoms with Crippen molar-refractivity contribution in [3.8, 4) is 0 Å². The van der Waals surface area contributed by atoms with E-state index in [0.717, 1.165) is 6.54 Å². The van der Waals surface area contributed by atoms with Crippen LogP contribution in [0.5, 0.6) is 0 Å². The van der Waals surface area contributed by atoms with Crippen LogP contribution in [0.25, 0.3) is 0 Å². The average Bonchev–Trinajstić information content (AvgIpc) is 2.06. The number of nitrogens with one attached hydrogen (secondary N) is 1. The smallest absolute Gasteiger partial charge is 0.224 e. The van der Waals surface area contributed by atoms with E-state index >= 15 is 0 Å². The van der Waals surface area contributed by atoms with Gasteiger partial charge in [0.1, 0.15) is 10.8 Å². The molecule has 0 spiro atoms. The number of halogens is 2. The maximum absolute atomic E-state index is 5.83. The number of aromatic nitrogens is 2. The third kappa shape index (κ3) is 3.36. The lowest BCUT2D eigenvalue weighted by Crippen LogP contribution is -2.09. The lowest BCUT2D eigenvalue weighted by Gasteiger charge is -2.08. The van der Waals surface area contributed by atoms with Gasteiger partial charge in [0.2, 0.25) is 5.28 Å². The summed E-state index contributed by atoms with van der Waals surface area (Å²) in [4.78, 5) is 7.70. The number of anilines is 1. The minimum atomic E-state index is 0.204. The van der Waals surface area contributed by atoms with Crippen molar-refractivity contribution in [1.29, 1.82) is 0 Å². The molecule has 0 aliphatic carbocycles. The third-order valence-corrected chi connectivity index (χ3v) is 1.85. The van der Waals surface area contributed by atoms with Crippen molar-refractivity contribution in [3.63, 3.8) is 0 Å². The largest absolute Gasteiger partial charge is 0.368 e. The second kappa shape index (κ2) is 4.63. The van der Waals surface area contributed by atoms with Crippen LogP contribution in [0, 0.1) is 5.92 Å². The molecule has 1 rings (SSSR count). The molecule has 3 nitrogen and oxygen atoms in total. The van der Waals surface area contributed by atoms with E-state index in [1.54, 1.807) is 0 Å². The highest BCUT2D eigenvalue weighted by atomic mass is 35.5. The van der Waals surface area contributed by atoms with E-state index in [4.69, 9.17) is 23.2 Å². The third-order valence-electron chi connectivity index (χ3n) is 1.39. The number of hydrogen-bond acceptors (Lipinski definition) is 3. The molecule has 1 aromatic heterocycles. The van der Waals surface area contributed by atoms with Crippen LogP contribution < -0.4 is 5.32 Å². The molecule has 0 fully saturated rings. The molecule has 72 valence electrons. The summed E-state index contributed by atoms with van der Waals surface area (Å²) in [6.45, 7) is 5.01. The lowest BCUT2D eigenvalue weighted by molar-refractivity contribution is 0.687. The molecule has 5 heteroatoms. The van der Waals surface area contributed by atoms with Gasteiger partial charge < -0.3 is 5.32 Å². The molecule has 1 aromatic rings. The van der Waals surface area contributed by atoms with Crippen LogP contribution in [0.3, 0.4) is 0 Å². The summed E-state index contributed by atoms with van der Waals surface area (Å²) in [7, 11) is 0. The highest BCUT2D eigenvalue weighted by Crippen LogP contribution is 2.19. The molecule has 0 saturated carbocycles. The predicted molar refractivity (Wildman–Crippen MR) is 55.4 cm³/mol. The van der Waals surface area contributed by atoms with Crippen LogP contribution in [0.4, 0.5) is 5.82 Å². The second-order valence-corrected chi connectivity index (χ2v) is 3.86. The summed E-state index contributed by atoms with van der Waals surface area (Å²) in [5.74, 6) is 1.13. The summed E-state index contributed by atoms with van der Waals surface area (Å²) in [6.07, 6.45) is 1.49. The summed E-state index contributed by atoms with van der Waals surface area (Å²) in [6, 6.07) is 0. The highest BCUT2D eigenvalue weighted by Gasteiger charge is 2.03. The Morgan fingerprint density at radius 2 is 2.15 bits per heavy atom. The number of hydrogen-bond donors (Lipinski definition) is 1. The van der Waals surface area contributed by atoms with Crippen molar-refractivity contribution < 1.29 is 0 Å². The van der Waals surface area contributed by atoms with Crippen LogP contribution in [0.2, 0.25) is 10.3 Å². The normalized spacial score (nSPS) is 10.5. The van der Waals surface area contributed by atoms with Gasteiger partial charge in [-0.2, -0.15) is 4.98 Å². The molecule has 0 bridgehead atoms. The van der Waals surface area contributed by atoms with Gasteiger partial charge in [-0.3, -0.25) is 0 Å². The van der Waals surface area contributed by atoms with Crippen molar-refractivity contribution in [1.82, 2.24) is 9.97 Å². The van der Waals surface area contributed by atoms with Crippen LogP contribution >= 0.6 is 23.2 Å². The Morgan fingerprint density at radius 3 is 2.77 bits per heavy atom. The van der Waals surface area contributed by atoms with Crippen LogP contribution in [-0.4, -0.2) is 16.5 Å². The summed E-state index contributed by atoms with van der Waals surface area (Å²) in [5, 5.41) is 3.78. The van der Waals surface area contributed by atoms with Gasteiger partial charge in [-0.15, -0.1) is 0 Å². The summed E-state index contributed by atoms with van der Waals surface area (Å²) in [5.41, 5.74) is 0. The minimum absolute atomic E-state index is 0.204. The first kappa shape index (κ1) is 10.5. The maximum Gasteiger partial charge on any atom is 0.224 e. The number of rotatable bonds is 3. The topological polar surface area (TPSA) is 37.8 Å². The minimum Gasteiger partial charge on any atom is -0.368 e. The highest BCUT2D eigenvalue weighted by molar-refractivity contribution is 6.33. The monoisotopic (exact) mass is 219 g/mol. The first-order valence-corrected chi connectivity index (χ1v) is 4.77. The van der Waals surface area contributed by atoms with E-state index in [1.807, 2.05) is 0 Å². The zero-order valence-electron chi connectivity index (χ0n) is 7.51. The van der Waals surface area contributed by atoms with E-state index in [1.165, 1.54) is 6.20 Å². The van der Waals surface area contributed by atoms with E-state index in [2.05, 4.69) is 29.1 Å². The molecule has 0 atom stereocenters. The van der Waals surface area contributed by atoms with E-state index < -0.39 is 0 Å². The van der Waals surface area contributed by atoms with Crippen molar-refractivity contribution >= 4 is 29.0 Å². The zero-order valence-corrected chi connectivity index (χ0v) is 9.02. The first-order chi connectivity index (χ1) is 6.09. The van der Waals surface area contributed by atoms with Crippen molar-refractivity contribution in [2.24, 2.45) is 5.92 Å². The SMILES string of the molecule is CC(C)CNc1nc(Cl)ncc1Cl. The maximum atomic E-state index is 5.83. The van der Waals surface area contributed by atoms with Gasteiger partial charge >= 0.3 is 0 Å². The van der Waals surface area contributed by atoms with Crippen molar-refractivity contribution in [2.75, 3.05) is 11.9 Å². The zero-order chi connectivity index (χ0) is 9.84. The molecule has 0 unspecified atom stereocenters. The molecule has 0 aromatic carbocycles. The Kier molecular flexibility index (Phi) is 3.75. The van der Waals surface area contributed by atoms with Crippen LogP contribution in [0.1, 0.15) is 13.8 Å². The second-order valence-electron chi connectivity index (χ2n) is 3.11. The van der Waals surface area contributed by atoms with Gasteiger partial charge in [0.25, 0.3) is 0 Å². The molecular weight excluding hydrogens is 209 g/mol. The Hall–Kier alpha value is -0.540. The standard InChI is InChI=1S/C8H11Cl2N3/c1-5(2)3-11-7-6(9)4-12-8(10)13-7/h4-5H,3H2,1-2H3,(H,11,12,13). The Balaban J connectivity index is 2.70. The van der Waals surface area contributed by atoms with Crippen molar-refractivity contribution in [2.45, 2.75) is 13.8 Å². The van der Waals surface area contributed by atoms with Gasteiger partial charge in [-0.1, -0.05) is 25.4 Å². The van der Waals surface area contributed by atoms with Gasteiger partial charge in [-0.05, 0) is 17.5 Å². The molecule has 13 heavy (non-hydrogen) atoms. The molecule has 0 aliphatic heterocycles. The quantitative estimate of drug-likeness (QED) is 0.796. The molecule has 1 N–H and O–H groups in total. The Morgan fingerprint density at radius 1 is 1.46 bits per heavy atom. The van der Waals surface area contributed by atoms with Gasteiger partial charge in [0.15, 0.2) is 0 Å². The molecule has 0 saturated heterocycles. The molecule has 1 heterocycles. The average molecular weight is 220 g/mol. The number of nitrogens with zero attached hydrogens (tertiary/aromatic N) is 2. The van der Waals surface area contributed by atoms with Gasteiger partial charge in [0.05, 0.1) is 6.20 Å². The Bertz CT molecular complexity index is 289. The molecule has 0 aliphatic rings. The van der Waals surface area contributed by atoms with Gasteiger partial charge in [0, 0.05) is 6.54 Å². The predicted octanol–water partition coefficient (Wildman–Crippen LogP) is 2.85. The fourth-order valence-electron chi connectivity index (χ4n) is 0.770. The summed E-state index contributed by atoms with van der Waals surface area (Å²) >= 11 is 11.4. The van der Waals surface area contributed by atoms with Crippen molar-refractivity contribution in [3.05, 3.63) is 16.5 Å². The molecule has 0 amide bonds. The Labute approximate surface area is 87.5 Å². The fraction of sp³-hybridized carbons (Fsp3) is 0.500. The van der Waals surface area contributed by atoms with Gasteiger partial charge in [-0.25, -0.2) is 4.98 Å². The fourth-order valence-corrected chi connectivity index (χ4v) is 1.06. The summed E-state index contributed by atoms with van der Waals surface area (Å²) < 4.78 is 0. The molecule has 0 radical (unpaired) electrons. The van der Waals surface area contributed by atoms with E-state index in [9.17, 15) is 0 Å². The lowest BCUT2D eigenvalue weighted by atomic mass is 10.2. The van der Waals surface area contributed by atoms with Crippen LogP contribution in [-0.2, 0) is 0 Å². The molecular formula is C8H11Cl2N3. The van der Waals surface area contributed by atoms with Crippen LogP contribution in [0.15, 0.2) is 6.20 Å².